The van der Waals surface area contributed by atoms with E-state index in [0.717, 1.165) is 0 Å². The van der Waals surface area contributed by atoms with E-state index >= 15 is 0 Å². The first-order valence-corrected chi connectivity index (χ1v) is 9.72. The van der Waals surface area contributed by atoms with Crippen LogP contribution in [0.2, 0.25) is 0 Å². The molecule has 2 N–H and O–H groups in total. The Morgan fingerprint density at radius 1 is 0.750 bits per heavy atom. The fourth-order valence-corrected chi connectivity index (χ4v) is 3.76. The Labute approximate surface area is 167 Å². The predicted molar refractivity (Wildman–Crippen MR) is 120 cm³/mol. The minimum atomic E-state index is -0.165. The molecule has 0 saturated carbocycles. The van der Waals surface area contributed by atoms with E-state index in [9.17, 15) is 0 Å². The van der Waals surface area contributed by atoms with Gasteiger partial charge in [0.1, 0.15) is 0 Å². The van der Waals surface area contributed by atoms with Crippen LogP contribution in [0.1, 0.15) is 29.2 Å². The molecule has 1 aliphatic rings. The molecule has 1 aliphatic carbocycles. The van der Waals surface area contributed by atoms with Crippen molar-refractivity contribution >= 4 is 11.6 Å². The van der Waals surface area contributed by atoms with Crippen LogP contribution in [0.25, 0.3) is 11.6 Å². The largest absolute Gasteiger partial charge is 0.321 e. The van der Waals surface area contributed by atoms with Gasteiger partial charge in [-0.15, -0.1) is 0 Å². The Morgan fingerprint density at radius 2 is 1.25 bits per heavy atom. The second-order valence-corrected chi connectivity index (χ2v) is 7.46. The van der Waals surface area contributed by atoms with Crippen molar-refractivity contribution in [2.75, 3.05) is 0 Å². The van der Waals surface area contributed by atoms with Crippen molar-refractivity contribution in [3.63, 3.8) is 0 Å². The van der Waals surface area contributed by atoms with Gasteiger partial charge in [0.15, 0.2) is 0 Å². The minimum Gasteiger partial charge on any atom is -0.321 e. The van der Waals surface area contributed by atoms with Gasteiger partial charge in [-0.05, 0) is 40.8 Å². The maximum absolute atomic E-state index is 6.02. The first kappa shape index (κ1) is 18.2. The van der Waals surface area contributed by atoms with E-state index in [1.165, 1.54) is 27.8 Å². The van der Waals surface area contributed by atoms with Gasteiger partial charge in [0, 0.05) is 11.5 Å². The number of nitrogens with two attached hydrogens (primary N) is 1. The molecule has 0 unspecified atom stereocenters. The van der Waals surface area contributed by atoms with Gasteiger partial charge in [0.05, 0.1) is 0 Å². The fraction of sp³-hybridized carbons (Fsp3) is 0.111. The summed E-state index contributed by atoms with van der Waals surface area (Å²) in [6.07, 6.45) is 10.9. The maximum atomic E-state index is 6.02. The zero-order valence-corrected chi connectivity index (χ0v) is 16.1. The van der Waals surface area contributed by atoms with Crippen LogP contribution >= 0.6 is 0 Å². The Morgan fingerprint density at radius 3 is 1.82 bits per heavy atom. The second kappa shape index (κ2) is 7.84. The van der Waals surface area contributed by atoms with Crippen LogP contribution in [-0.4, -0.2) is 6.04 Å². The van der Waals surface area contributed by atoms with Crippen LogP contribution in [0.3, 0.4) is 0 Å². The third kappa shape index (κ3) is 3.76. The molecule has 0 spiro atoms. The number of hydrogen-bond acceptors (Lipinski definition) is 1. The molecule has 0 saturated heterocycles. The Kier molecular flexibility index (Phi) is 5.10. The summed E-state index contributed by atoms with van der Waals surface area (Å²) in [5, 5.41) is 0. The van der Waals surface area contributed by atoms with Gasteiger partial charge >= 0.3 is 0 Å². The molecule has 28 heavy (non-hydrogen) atoms. The highest BCUT2D eigenvalue weighted by Gasteiger charge is 2.25. The van der Waals surface area contributed by atoms with Crippen molar-refractivity contribution in [3.05, 3.63) is 131 Å². The van der Waals surface area contributed by atoms with Crippen LogP contribution in [0, 0.1) is 0 Å². The first-order chi connectivity index (χ1) is 13.7. The van der Waals surface area contributed by atoms with Crippen LogP contribution < -0.4 is 5.73 Å². The number of hydrogen-bond donors (Lipinski definition) is 1. The van der Waals surface area contributed by atoms with Crippen LogP contribution in [0.15, 0.2) is 109 Å². The lowest BCUT2D eigenvalue weighted by atomic mass is 9.76. The Hall–Kier alpha value is -3.16. The average Bonchev–Trinajstić information content (AvgIpc) is 2.76. The van der Waals surface area contributed by atoms with E-state index < -0.39 is 0 Å². The van der Waals surface area contributed by atoms with Crippen molar-refractivity contribution in [1.29, 1.82) is 0 Å². The monoisotopic (exact) mass is 363 g/mol. The fourth-order valence-electron chi connectivity index (χ4n) is 3.76. The van der Waals surface area contributed by atoms with E-state index in [4.69, 9.17) is 5.73 Å². The first-order valence-electron chi connectivity index (χ1n) is 9.72. The second-order valence-electron chi connectivity index (χ2n) is 7.46. The lowest BCUT2D eigenvalue weighted by Gasteiger charge is -2.28. The molecule has 0 fully saturated rings. The molecule has 3 aromatic rings. The van der Waals surface area contributed by atoms with Crippen LogP contribution in [-0.2, 0) is 5.41 Å². The highest BCUT2D eigenvalue weighted by Crippen LogP contribution is 2.35. The third-order valence-corrected chi connectivity index (χ3v) is 5.34. The lowest BCUT2D eigenvalue weighted by Crippen LogP contribution is -2.25. The Balaban J connectivity index is 1.87. The summed E-state index contributed by atoms with van der Waals surface area (Å²) < 4.78 is 0. The van der Waals surface area contributed by atoms with E-state index in [1.807, 2.05) is 0 Å². The molecule has 0 aromatic heterocycles. The zero-order valence-electron chi connectivity index (χ0n) is 16.1. The average molecular weight is 364 g/mol. The summed E-state index contributed by atoms with van der Waals surface area (Å²) in [5.41, 5.74) is 12.0. The van der Waals surface area contributed by atoms with Crippen molar-refractivity contribution in [2.24, 2.45) is 5.73 Å². The van der Waals surface area contributed by atoms with Crippen LogP contribution in [0.4, 0.5) is 0 Å². The van der Waals surface area contributed by atoms with Gasteiger partial charge in [-0.3, -0.25) is 0 Å². The molecule has 0 aliphatic heterocycles. The van der Waals surface area contributed by atoms with E-state index in [0.29, 0.717) is 0 Å². The summed E-state index contributed by atoms with van der Waals surface area (Å²) in [6.45, 7) is 2.24. The zero-order chi connectivity index (χ0) is 19.4. The number of allylic oxidation sites excluding steroid dienone is 2. The SMILES string of the molecule is CC1(c2ccccc2C=C(c2ccccc2)c2ccccc2)C=CC(N)C=C1. The smallest absolute Gasteiger partial charge is 0.0411 e. The molecule has 1 heteroatoms. The van der Waals surface area contributed by atoms with Gasteiger partial charge in [-0.2, -0.15) is 0 Å². The standard InChI is InChI=1S/C27H25N/c1-27(18-16-24(28)17-19-27)26-15-9-8-14-23(26)20-25(21-10-4-2-5-11-21)22-12-6-3-7-13-22/h2-20,24H,28H2,1H3. The molecule has 0 radical (unpaired) electrons. The highest BCUT2D eigenvalue weighted by molar-refractivity contribution is 5.92. The number of rotatable bonds is 4. The van der Waals surface area contributed by atoms with Crippen LogP contribution in [0.5, 0.6) is 0 Å². The molecule has 0 heterocycles. The van der Waals surface area contributed by atoms with Gasteiger partial charge < -0.3 is 5.73 Å². The molecule has 138 valence electrons. The van der Waals surface area contributed by atoms with Crippen molar-refractivity contribution in [1.82, 2.24) is 0 Å². The van der Waals surface area contributed by atoms with E-state index in [2.05, 4.69) is 122 Å². The van der Waals surface area contributed by atoms with Gasteiger partial charge in [0.25, 0.3) is 0 Å². The maximum Gasteiger partial charge on any atom is 0.0411 e. The molecule has 0 bridgehead atoms. The summed E-state index contributed by atoms with van der Waals surface area (Å²) >= 11 is 0. The molecule has 4 rings (SSSR count). The minimum absolute atomic E-state index is 0.0000205. The van der Waals surface area contributed by atoms with Crippen molar-refractivity contribution in [3.8, 4) is 0 Å². The van der Waals surface area contributed by atoms with Gasteiger partial charge in [0.2, 0.25) is 0 Å². The molecule has 1 nitrogen and oxygen atoms in total. The highest BCUT2D eigenvalue weighted by atomic mass is 14.6. The summed E-state index contributed by atoms with van der Waals surface area (Å²) in [6, 6.07) is 29.8. The van der Waals surface area contributed by atoms with Gasteiger partial charge in [-0.1, -0.05) is 109 Å². The quantitative estimate of drug-likeness (QED) is 0.447. The molecule has 0 atom stereocenters. The van der Waals surface area contributed by atoms with Gasteiger partial charge in [-0.25, -0.2) is 0 Å². The number of benzene rings is 3. The topological polar surface area (TPSA) is 26.0 Å². The molecule has 3 aromatic carbocycles. The molecular weight excluding hydrogens is 338 g/mol. The molecule has 0 amide bonds. The molecular formula is C27H25N. The normalized spacial score (nSPS) is 20.7. The summed E-state index contributed by atoms with van der Waals surface area (Å²) in [4.78, 5) is 0. The third-order valence-electron chi connectivity index (χ3n) is 5.34. The summed E-state index contributed by atoms with van der Waals surface area (Å²) in [7, 11) is 0. The Bertz CT molecular complexity index is 971. The summed E-state index contributed by atoms with van der Waals surface area (Å²) in [5.74, 6) is 0. The van der Waals surface area contributed by atoms with Crippen molar-refractivity contribution < 1.29 is 0 Å². The predicted octanol–water partition coefficient (Wildman–Crippen LogP) is 5.99. The van der Waals surface area contributed by atoms with E-state index in [-0.39, 0.29) is 11.5 Å². The van der Waals surface area contributed by atoms with E-state index in [1.54, 1.807) is 0 Å². The van der Waals surface area contributed by atoms with Crippen molar-refractivity contribution in [2.45, 2.75) is 18.4 Å². The lowest BCUT2D eigenvalue weighted by molar-refractivity contribution is 0.727.